The molecule has 0 amide bonds. The fourth-order valence-electron chi connectivity index (χ4n) is 2.77. The van der Waals surface area contributed by atoms with Crippen molar-refractivity contribution in [1.29, 1.82) is 0 Å². The van der Waals surface area contributed by atoms with Gasteiger partial charge in [0.1, 0.15) is 16.5 Å². The van der Waals surface area contributed by atoms with E-state index >= 15 is 0 Å². The summed E-state index contributed by atoms with van der Waals surface area (Å²) in [5, 5.41) is 4.13. The summed E-state index contributed by atoms with van der Waals surface area (Å²) in [7, 11) is 1.67. The molecule has 0 saturated heterocycles. The van der Waals surface area contributed by atoms with Crippen LogP contribution in [0.2, 0.25) is 0 Å². The van der Waals surface area contributed by atoms with Crippen LogP contribution in [0, 0.1) is 6.92 Å². The molecular formula is C21H18N4OS. The van der Waals surface area contributed by atoms with Crippen molar-refractivity contribution in [3.8, 4) is 27.6 Å². The summed E-state index contributed by atoms with van der Waals surface area (Å²) in [5.41, 5.74) is 3.81. The number of nitrogens with zero attached hydrogens (tertiary/aromatic N) is 3. The lowest BCUT2D eigenvalue weighted by Crippen LogP contribution is -1.98. The Morgan fingerprint density at radius 2 is 1.85 bits per heavy atom. The molecule has 4 aromatic rings. The summed E-state index contributed by atoms with van der Waals surface area (Å²) >= 11 is 1.61. The van der Waals surface area contributed by atoms with Crippen molar-refractivity contribution in [1.82, 2.24) is 15.0 Å². The Bertz CT molecular complexity index is 1060. The van der Waals surface area contributed by atoms with Crippen LogP contribution < -0.4 is 10.1 Å². The third-order valence-corrected chi connectivity index (χ3v) is 4.97. The number of benzene rings is 2. The summed E-state index contributed by atoms with van der Waals surface area (Å²) in [6.45, 7) is 2.03. The minimum Gasteiger partial charge on any atom is -0.496 e. The number of rotatable bonds is 5. The predicted octanol–water partition coefficient (Wildman–Crippen LogP) is 5.33. The smallest absolute Gasteiger partial charge is 0.227 e. The zero-order valence-corrected chi connectivity index (χ0v) is 15.8. The van der Waals surface area contributed by atoms with E-state index in [1.165, 1.54) is 0 Å². The molecule has 5 nitrogen and oxygen atoms in total. The highest BCUT2D eigenvalue weighted by Gasteiger charge is 2.09. The van der Waals surface area contributed by atoms with Crippen LogP contribution in [0.3, 0.4) is 0 Å². The lowest BCUT2D eigenvalue weighted by Gasteiger charge is -2.12. The molecule has 0 fully saturated rings. The van der Waals surface area contributed by atoms with Crippen LogP contribution in [0.4, 0.5) is 11.6 Å². The first-order chi connectivity index (χ1) is 13.2. The third kappa shape index (κ3) is 3.80. The van der Waals surface area contributed by atoms with E-state index in [2.05, 4.69) is 32.4 Å². The van der Waals surface area contributed by atoms with Gasteiger partial charge in [0.2, 0.25) is 5.95 Å². The lowest BCUT2D eigenvalue weighted by molar-refractivity contribution is 0.416. The second kappa shape index (κ2) is 7.55. The predicted molar refractivity (Wildman–Crippen MR) is 110 cm³/mol. The first kappa shape index (κ1) is 17.2. The molecule has 0 radical (unpaired) electrons. The highest BCUT2D eigenvalue weighted by molar-refractivity contribution is 7.14. The normalized spacial score (nSPS) is 10.6. The maximum Gasteiger partial charge on any atom is 0.227 e. The number of thiazole rings is 1. The minimum absolute atomic E-state index is 0.523. The number of methoxy groups -OCH3 is 1. The van der Waals surface area contributed by atoms with E-state index in [1.54, 1.807) is 24.6 Å². The molecule has 0 aliphatic heterocycles. The van der Waals surface area contributed by atoms with Gasteiger partial charge in [-0.1, -0.05) is 30.3 Å². The van der Waals surface area contributed by atoms with Crippen molar-refractivity contribution in [2.24, 2.45) is 0 Å². The van der Waals surface area contributed by atoms with Crippen LogP contribution in [0.25, 0.3) is 21.8 Å². The molecule has 0 aliphatic carbocycles. The molecule has 2 heterocycles. The van der Waals surface area contributed by atoms with Gasteiger partial charge in [0.05, 0.1) is 7.11 Å². The topological polar surface area (TPSA) is 59.9 Å². The third-order valence-electron chi connectivity index (χ3n) is 4.04. The van der Waals surface area contributed by atoms with Crippen LogP contribution in [0.1, 0.15) is 4.88 Å². The second-order valence-electron chi connectivity index (χ2n) is 5.95. The van der Waals surface area contributed by atoms with Crippen LogP contribution in [0.5, 0.6) is 5.75 Å². The Hall–Kier alpha value is -3.25. The van der Waals surface area contributed by atoms with Crippen LogP contribution in [0.15, 0.2) is 67.0 Å². The molecule has 0 spiro atoms. The average molecular weight is 374 g/mol. The largest absolute Gasteiger partial charge is 0.496 e. The van der Waals surface area contributed by atoms with Gasteiger partial charge in [0.15, 0.2) is 0 Å². The summed E-state index contributed by atoms with van der Waals surface area (Å²) in [6, 6.07) is 18.0. The average Bonchev–Trinajstić information content (AvgIpc) is 3.15. The summed E-state index contributed by atoms with van der Waals surface area (Å²) in [6.07, 6.45) is 3.58. The monoisotopic (exact) mass is 374 g/mol. The number of anilines is 2. The van der Waals surface area contributed by atoms with Crippen LogP contribution >= 0.6 is 11.3 Å². The first-order valence-electron chi connectivity index (χ1n) is 8.49. The number of hydrogen-bond acceptors (Lipinski definition) is 6. The lowest BCUT2D eigenvalue weighted by atomic mass is 10.0. The number of aryl methyl sites for hydroxylation is 1. The fourth-order valence-corrected chi connectivity index (χ4v) is 3.50. The van der Waals surface area contributed by atoms with E-state index in [1.807, 2.05) is 55.6 Å². The maximum atomic E-state index is 5.58. The van der Waals surface area contributed by atoms with Crippen molar-refractivity contribution in [2.75, 3.05) is 12.4 Å². The molecule has 1 N–H and O–H groups in total. The number of aromatic nitrogens is 3. The van der Waals surface area contributed by atoms with E-state index in [0.717, 1.165) is 38.1 Å². The highest BCUT2D eigenvalue weighted by Crippen LogP contribution is 2.33. The Kier molecular flexibility index (Phi) is 4.80. The van der Waals surface area contributed by atoms with E-state index in [0.29, 0.717) is 5.95 Å². The van der Waals surface area contributed by atoms with Gasteiger partial charge in [0, 0.05) is 34.6 Å². The minimum atomic E-state index is 0.523. The number of hydrogen-bond donors (Lipinski definition) is 1. The molecule has 2 aromatic carbocycles. The van der Waals surface area contributed by atoms with Crippen LogP contribution in [-0.4, -0.2) is 22.1 Å². The van der Waals surface area contributed by atoms with Gasteiger partial charge < -0.3 is 10.1 Å². The van der Waals surface area contributed by atoms with Crippen molar-refractivity contribution in [3.63, 3.8) is 0 Å². The first-order valence-corrected chi connectivity index (χ1v) is 9.31. The Balaban J connectivity index is 1.62. The van der Waals surface area contributed by atoms with Gasteiger partial charge in [-0.2, -0.15) is 0 Å². The molecule has 4 rings (SSSR count). The van der Waals surface area contributed by atoms with Crippen molar-refractivity contribution < 1.29 is 4.74 Å². The highest BCUT2D eigenvalue weighted by atomic mass is 32.1. The second-order valence-corrected chi connectivity index (χ2v) is 7.18. The zero-order valence-electron chi connectivity index (χ0n) is 15.0. The fraction of sp³-hybridized carbons (Fsp3) is 0.0952. The molecule has 6 heteroatoms. The summed E-state index contributed by atoms with van der Waals surface area (Å²) < 4.78 is 5.58. The zero-order chi connectivity index (χ0) is 18.6. The Morgan fingerprint density at radius 1 is 1.00 bits per heavy atom. The van der Waals surface area contributed by atoms with Gasteiger partial charge >= 0.3 is 0 Å². The van der Waals surface area contributed by atoms with E-state index in [-0.39, 0.29) is 0 Å². The molecule has 0 saturated carbocycles. The molecule has 134 valence electrons. The van der Waals surface area contributed by atoms with Crippen molar-refractivity contribution in [2.45, 2.75) is 6.92 Å². The Labute approximate surface area is 161 Å². The standard InChI is InChI=1S/C21H18N4OS/c1-14-13-23-20(27-14)18-10-11-22-21(25-18)24-16-8-9-17(19(12-16)26-2)15-6-4-3-5-7-15/h3-13H,1-2H3,(H,22,24,25). The quantitative estimate of drug-likeness (QED) is 0.512. The molecule has 0 aliphatic rings. The molecule has 0 bridgehead atoms. The van der Waals surface area contributed by atoms with E-state index in [4.69, 9.17) is 4.74 Å². The van der Waals surface area contributed by atoms with E-state index in [9.17, 15) is 0 Å². The van der Waals surface area contributed by atoms with Gasteiger partial charge in [0.25, 0.3) is 0 Å². The molecule has 27 heavy (non-hydrogen) atoms. The van der Waals surface area contributed by atoms with Gasteiger partial charge in [-0.25, -0.2) is 15.0 Å². The van der Waals surface area contributed by atoms with Crippen molar-refractivity contribution >= 4 is 23.0 Å². The van der Waals surface area contributed by atoms with Crippen molar-refractivity contribution in [3.05, 3.63) is 71.9 Å². The summed E-state index contributed by atoms with van der Waals surface area (Å²) in [5.74, 6) is 1.31. The van der Waals surface area contributed by atoms with E-state index < -0.39 is 0 Å². The van der Waals surface area contributed by atoms with Gasteiger partial charge in [-0.3, -0.25) is 0 Å². The van der Waals surface area contributed by atoms with Gasteiger partial charge in [-0.05, 0) is 30.7 Å². The number of ether oxygens (including phenoxy) is 1. The summed E-state index contributed by atoms with van der Waals surface area (Å²) in [4.78, 5) is 14.4. The van der Waals surface area contributed by atoms with Crippen LogP contribution in [-0.2, 0) is 0 Å². The molecular weight excluding hydrogens is 356 g/mol. The SMILES string of the molecule is COc1cc(Nc2nccc(-c3ncc(C)s3)n2)ccc1-c1ccccc1. The number of nitrogens with one attached hydrogen (secondary N) is 1. The molecule has 0 atom stereocenters. The molecule has 0 unspecified atom stereocenters. The molecule has 2 aromatic heterocycles. The van der Waals surface area contributed by atoms with Gasteiger partial charge in [-0.15, -0.1) is 11.3 Å². The Morgan fingerprint density at radius 3 is 2.59 bits per heavy atom. The maximum absolute atomic E-state index is 5.58.